The van der Waals surface area contributed by atoms with Crippen molar-refractivity contribution in [2.45, 2.75) is 20.3 Å². The van der Waals surface area contributed by atoms with Crippen LogP contribution in [0.3, 0.4) is 0 Å². The Labute approximate surface area is 97.8 Å². The highest BCUT2D eigenvalue weighted by Gasteiger charge is 2.45. The van der Waals surface area contributed by atoms with E-state index >= 15 is 0 Å². The van der Waals surface area contributed by atoms with Crippen molar-refractivity contribution in [2.75, 3.05) is 6.61 Å². The average Bonchev–Trinajstić information content (AvgIpc) is 2.77. The Balaban J connectivity index is 1.92. The van der Waals surface area contributed by atoms with E-state index in [1.54, 1.807) is 12.1 Å². The van der Waals surface area contributed by atoms with Crippen LogP contribution >= 0.6 is 15.9 Å². The van der Waals surface area contributed by atoms with Gasteiger partial charge in [0.2, 0.25) is 0 Å². The van der Waals surface area contributed by atoms with Crippen molar-refractivity contribution in [3.63, 3.8) is 0 Å². The van der Waals surface area contributed by atoms with E-state index in [1.165, 1.54) is 12.5 Å². The molecule has 1 atom stereocenters. The van der Waals surface area contributed by atoms with E-state index in [2.05, 4.69) is 29.8 Å². The monoisotopic (exact) mass is 272 g/mol. The zero-order valence-electron chi connectivity index (χ0n) is 8.89. The minimum atomic E-state index is -0.255. The second kappa shape index (κ2) is 3.78. The van der Waals surface area contributed by atoms with Crippen molar-refractivity contribution >= 4 is 15.9 Å². The molecule has 1 unspecified atom stereocenters. The topological polar surface area (TPSA) is 9.23 Å². The van der Waals surface area contributed by atoms with Crippen molar-refractivity contribution in [3.05, 3.63) is 28.5 Å². The molecule has 0 aliphatic heterocycles. The number of ether oxygens (including phenoxy) is 1. The van der Waals surface area contributed by atoms with Gasteiger partial charge >= 0.3 is 0 Å². The fourth-order valence-electron chi connectivity index (χ4n) is 1.62. The van der Waals surface area contributed by atoms with Gasteiger partial charge in [-0.05, 0) is 51.9 Å². The van der Waals surface area contributed by atoms with E-state index in [4.69, 9.17) is 4.74 Å². The minimum absolute atomic E-state index is 0.255. The van der Waals surface area contributed by atoms with Gasteiger partial charge in [0, 0.05) is 0 Å². The van der Waals surface area contributed by atoms with Crippen molar-refractivity contribution in [2.24, 2.45) is 11.3 Å². The summed E-state index contributed by atoms with van der Waals surface area (Å²) < 4.78 is 19.0. The van der Waals surface area contributed by atoms with Crippen LogP contribution in [0.25, 0.3) is 0 Å². The first kappa shape index (κ1) is 10.9. The number of rotatable bonds is 3. The van der Waals surface area contributed by atoms with Gasteiger partial charge in [-0.25, -0.2) is 4.39 Å². The summed E-state index contributed by atoms with van der Waals surface area (Å²) in [5, 5.41) is 0. The molecule has 1 aromatic rings. The highest BCUT2D eigenvalue weighted by molar-refractivity contribution is 9.10. The second-order valence-electron chi connectivity index (χ2n) is 4.78. The molecule has 0 radical (unpaired) electrons. The van der Waals surface area contributed by atoms with Gasteiger partial charge in [0.15, 0.2) is 0 Å². The van der Waals surface area contributed by atoms with Gasteiger partial charge < -0.3 is 4.74 Å². The summed E-state index contributed by atoms with van der Waals surface area (Å²) in [6, 6.07) is 4.75. The molecular weight excluding hydrogens is 259 g/mol. The summed E-state index contributed by atoms with van der Waals surface area (Å²) in [5.74, 6) is 1.11. The van der Waals surface area contributed by atoms with Crippen LogP contribution in [0.15, 0.2) is 22.7 Å². The molecule has 1 fully saturated rings. The molecule has 1 nitrogen and oxygen atoms in total. The summed E-state index contributed by atoms with van der Waals surface area (Å²) in [4.78, 5) is 0. The van der Waals surface area contributed by atoms with Gasteiger partial charge in [-0.2, -0.15) is 0 Å². The molecule has 0 N–H and O–H groups in total. The van der Waals surface area contributed by atoms with Gasteiger partial charge in [0.1, 0.15) is 11.6 Å². The van der Waals surface area contributed by atoms with E-state index < -0.39 is 0 Å². The van der Waals surface area contributed by atoms with E-state index in [0.29, 0.717) is 15.8 Å². The van der Waals surface area contributed by atoms with Crippen molar-refractivity contribution in [3.8, 4) is 5.75 Å². The number of halogens is 2. The molecule has 3 heteroatoms. The lowest BCUT2D eigenvalue weighted by Gasteiger charge is -2.07. The highest BCUT2D eigenvalue weighted by atomic mass is 79.9. The maximum atomic E-state index is 12.9. The van der Waals surface area contributed by atoms with E-state index in [-0.39, 0.29) is 5.82 Å². The molecule has 1 aliphatic carbocycles. The molecule has 2 rings (SSSR count). The Kier molecular flexibility index (Phi) is 2.75. The maximum Gasteiger partial charge on any atom is 0.137 e. The molecule has 0 saturated heterocycles. The third-order valence-electron chi connectivity index (χ3n) is 3.06. The quantitative estimate of drug-likeness (QED) is 0.808. The van der Waals surface area contributed by atoms with Gasteiger partial charge in [-0.1, -0.05) is 13.8 Å². The molecule has 0 aromatic heterocycles. The maximum absolute atomic E-state index is 12.9. The van der Waals surface area contributed by atoms with Crippen molar-refractivity contribution < 1.29 is 9.13 Å². The van der Waals surface area contributed by atoms with Crippen LogP contribution in [0.4, 0.5) is 4.39 Å². The SMILES string of the molecule is CC1(C)CC1COc1ccc(F)c(Br)c1. The zero-order chi connectivity index (χ0) is 11.1. The molecule has 1 saturated carbocycles. The van der Waals surface area contributed by atoms with Crippen molar-refractivity contribution in [1.29, 1.82) is 0 Å². The average molecular weight is 273 g/mol. The van der Waals surface area contributed by atoms with Gasteiger partial charge in [0.25, 0.3) is 0 Å². The van der Waals surface area contributed by atoms with Crippen LogP contribution in [0.5, 0.6) is 5.75 Å². The number of hydrogen-bond donors (Lipinski definition) is 0. The van der Waals surface area contributed by atoms with Crippen LogP contribution in [0.2, 0.25) is 0 Å². The van der Waals surface area contributed by atoms with Crippen LogP contribution in [-0.2, 0) is 0 Å². The first-order valence-corrected chi connectivity index (χ1v) is 5.86. The lowest BCUT2D eigenvalue weighted by Crippen LogP contribution is -2.04. The lowest BCUT2D eigenvalue weighted by atomic mass is 10.1. The van der Waals surface area contributed by atoms with Crippen LogP contribution in [0, 0.1) is 17.2 Å². The zero-order valence-corrected chi connectivity index (χ0v) is 10.5. The lowest BCUT2D eigenvalue weighted by molar-refractivity contribution is 0.279. The number of hydrogen-bond acceptors (Lipinski definition) is 1. The molecule has 0 amide bonds. The van der Waals surface area contributed by atoms with E-state index in [1.807, 2.05) is 0 Å². The second-order valence-corrected chi connectivity index (χ2v) is 5.63. The van der Waals surface area contributed by atoms with E-state index in [0.717, 1.165) is 12.4 Å². The Hall–Kier alpha value is -0.570. The molecule has 15 heavy (non-hydrogen) atoms. The molecule has 0 spiro atoms. The predicted octanol–water partition coefficient (Wildman–Crippen LogP) is 4.01. The summed E-state index contributed by atoms with van der Waals surface area (Å²) in [5.41, 5.74) is 0.428. The van der Waals surface area contributed by atoms with Gasteiger partial charge in [-0.15, -0.1) is 0 Å². The molecule has 1 aliphatic rings. The Morgan fingerprint density at radius 1 is 1.53 bits per heavy atom. The molecule has 1 aromatic carbocycles. The van der Waals surface area contributed by atoms with Crippen LogP contribution in [0.1, 0.15) is 20.3 Å². The molecule has 0 bridgehead atoms. The Bertz CT molecular complexity index is 376. The summed E-state index contributed by atoms with van der Waals surface area (Å²) in [7, 11) is 0. The third-order valence-corrected chi connectivity index (χ3v) is 3.67. The van der Waals surface area contributed by atoms with Crippen molar-refractivity contribution in [1.82, 2.24) is 0 Å². The Morgan fingerprint density at radius 2 is 2.20 bits per heavy atom. The first-order chi connectivity index (χ1) is 6.99. The predicted molar refractivity (Wildman–Crippen MR) is 61.5 cm³/mol. The van der Waals surface area contributed by atoms with Gasteiger partial charge in [0.05, 0.1) is 11.1 Å². The van der Waals surface area contributed by atoms with Crippen LogP contribution < -0.4 is 4.74 Å². The fraction of sp³-hybridized carbons (Fsp3) is 0.500. The summed E-state index contributed by atoms with van der Waals surface area (Å²) in [6.07, 6.45) is 1.22. The smallest absolute Gasteiger partial charge is 0.137 e. The van der Waals surface area contributed by atoms with E-state index in [9.17, 15) is 4.39 Å². The number of benzene rings is 1. The standard InChI is InChI=1S/C12H14BrFO/c1-12(2)6-8(12)7-15-9-3-4-11(14)10(13)5-9/h3-5,8H,6-7H2,1-2H3. The largest absolute Gasteiger partial charge is 0.493 e. The molecule has 82 valence electrons. The third kappa shape index (κ3) is 2.51. The minimum Gasteiger partial charge on any atom is -0.493 e. The van der Waals surface area contributed by atoms with Crippen LogP contribution in [-0.4, -0.2) is 6.61 Å². The molecule has 0 heterocycles. The fourth-order valence-corrected chi connectivity index (χ4v) is 1.98. The summed E-state index contributed by atoms with van der Waals surface area (Å²) >= 11 is 3.14. The normalized spacial score (nSPS) is 22.5. The summed E-state index contributed by atoms with van der Waals surface area (Å²) in [6.45, 7) is 5.20. The Morgan fingerprint density at radius 3 is 2.73 bits per heavy atom. The highest BCUT2D eigenvalue weighted by Crippen LogP contribution is 2.51. The van der Waals surface area contributed by atoms with Gasteiger partial charge in [-0.3, -0.25) is 0 Å². The molecular formula is C12H14BrFO. The first-order valence-electron chi connectivity index (χ1n) is 5.07.